The topological polar surface area (TPSA) is 30.7 Å². The molecule has 0 radical (unpaired) electrons. The lowest BCUT2D eigenvalue weighted by Gasteiger charge is -1.97. The van der Waals surface area contributed by atoms with Crippen LogP contribution in [0, 0.1) is 13.8 Å². The smallest absolute Gasteiger partial charge is 0.161 e. The fraction of sp³-hybridized carbons (Fsp3) is 0.333. The maximum Gasteiger partial charge on any atom is 0.161 e. The highest BCUT2D eigenvalue weighted by molar-refractivity contribution is 6.34. The van der Waals surface area contributed by atoms with E-state index in [1.165, 1.54) is 5.69 Å². The summed E-state index contributed by atoms with van der Waals surface area (Å²) in [5.74, 6) is 0. The van der Waals surface area contributed by atoms with Crippen molar-refractivity contribution in [3.8, 4) is 0 Å². The molecule has 0 aliphatic carbocycles. The Morgan fingerprint density at radius 3 is 2.62 bits per heavy atom. The molecule has 2 aromatic rings. The van der Waals surface area contributed by atoms with Crippen LogP contribution in [0.1, 0.15) is 11.4 Å². The zero-order valence-electron chi connectivity index (χ0n) is 7.80. The molecule has 2 aromatic heterocycles. The molecule has 0 aliphatic rings. The molecule has 4 heteroatoms. The van der Waals surface area contributed by atoms with E-state index in [2.05, 4.69) is 14.8 Å². The Bertz CT molecular complexity index is 473. The lowest BCUT2D eigenvalue weighted by molar-refractivity contribution is 0.851. The van der Waals surface area contributed by atoms with Gasteiger partial charge in [0.1, 0.15) is 0 Å². The third kappa shape index (κ3) is 1.04. The van der Waals surface area contributed by atoms with Crippen LogP contribution in [0.15, 0.2) is 6.20 Å². The van der Waals surface area contributed by atoms with Crippen LogP contribution >= 0.6 is 11.6 Å². The van der Waals surface area contributed by atoms with Gasteiger partial charge in [-0.15, -0.1) is 5.10 Å². The number of halogens is 1. The minimum absolute atomic E-state index is 0.485. The third-order valence-electron chi connectivity index (χ3n) is 2.57. The predicted molar refractivity (Wildman–Crippen MR) is 53.0 cm³/mol. The van der Waals surface area contributed by atoms with Crippen LogP contribution in [0.2, 0.25) is 5.15 Å². The highest BCUT2D eigenvalue weighted by Gasteiger charge is 2.11. The maximum absolute atomic E-state index is 5.96. The van der Waals surface area contributed by atoms with Gasteiger partial charge < -0.3 is 4.57 Å². The predicted octanol–water partition coefficient (Wildman–Crippen LogP) is 2.24. The van der Waals surface area contributed by atoms with Crippen LogP contribution in [-0.2, 0) is 7.05 Å². The molecule has 0 amide bonds. The molecule has 0 atom stereocenters. The largest absolute Gasteiger partial charge is 0.351 e. The summed E-state index contributed by atoms with van der Waals surface area (Å²) in [4.78, 5) is 0. The summed E-state index contributed by atoms with van der Waals surface area (Å²) in [6.45, 7) is 4.08. The van der Waals surface area contributed by atoms with Crippen molar-refractivity contribution in [2.75, 3.05) is 0 Å². The minimum atomic E-state index is 0.485. The van der Waals surface area contributed by atoms with Gasteiger partial charge in [-0.2, -0.15) is 5.10 Å². The van der Waals surface area contributed by atoms with Crippen molar-refractivity contribution in [3.05, 3.63) is 22.7 Å². The molecular formula is C9H10ClN3. The fourth-order valence-corrected chi connectivity index (χ4v) is 1.86. The van der Waals surface area contributed by atoms with E-state index < -0.39 is 0 Å². The summed E-state index contributed by atoms with van der Waals surface area (Å²) in [6, 6.07) is 0. The lowest BCUT2D eigenvalue weighted by atomic mass is 10.2. The molecule has 3 nitrogen and oxygen atoms in total. The Morgan fingerprint density at radius 1 is 1.31 bits per heavy atom. The van der Waals surface area contributed by atoms with Crippen LogP contribution in [0.5, 0.6) is 0 Å². The van der Waals surface area contributed by atoms with Crippen molar-refractivity contribution < 1.29 is 0 Å². The lowest BCUT2D eigenvalue weighted by Crippen LogP contribution is -1.92. The number of hydrogen-bond donors (Lipinski definition) is 0. The second-order valence-electron chi connectivity index (χ2n) is 3.15. The number of hydrogen-bond acceptors (Lipinski definition) is 2. The van der Waals surface area contributed by atoms with Crippen LogP contribution < -0.4 is 0 Å². The van der Waals surface area contributed by atoms with E-state index in [1.807, 2.05) is 20.9 Å². The first-order valence-electron chi connectivity index (χ1n) is 4.05. The van der Waals surface area contributed by atoms with E-state index >= 15 is 0 Å². The van der Waals surface area contributed by atoms with Gasteiger partial charge in [-0.1, -0.05) is 11.6 Å². The minimum Gasteiger partial charge on any atom is -0.351 e. The van der Waals surface area contributed by atoms with Gasteiger partial charge in [-0.25, -0.2) is 0 Å². The van der Waals surface area contributed by atoms with E-state index in [4.69, 9.17) is 11.6 Å². The Labute approximate surface area is 81.3 Å². The Hall–Kier alpha value is -1.09. The first-order chi connectivity index (χ1) is 6.13. The van der Waals surface area contributed by atoms with Crippen molar-refractivity contribution in [2.24, 2.45) is 7.05 Å². The summed E-state index contributed by atoms with van der Waals surface area (Å²) in [5.41, 5.74) is 2.30. The Morgan fingerprint density at radius 2 is 2.00 bits per heavy atom. The first kappa shape index (κ1) is 8.51. The van der Waals surface area contributed by atoms with Gasteiger partial charge in [0, 0.05) is 29.2 Å². The van der Waals surface area contributed by atoms with Crippen LogP contribution in [0.25, 0.3) is 10.8 Å². The molecule has 0 bridgehead atoms. The van der Waals surface area contributed by atoms with Gasteiger partial charge in [0.15, 0.2) is 5.15 Å². The molecule has 0 aliphatic heterocycles. The fourth-order valence-electron chi connectivity index (χ4n) is 1.58. The van der Waals surface area contributed by atoms with Gasteiger partial charge in [0.25, 0.3) is 0 Å². The quantitative estimate of drug-likeness (QED) is 0.646. The monoisotopic (exact) mass is 195 g/mol. The van der Waals surface area contributed by atoms with Crippen molar-refractivity contribution in [2.45, 2.75) is 13.8 Å². The highest BCUT2D eigenvalue weighted by atomic mass is 35.5. The van der Waals surface area contributed by atoms with Crippen molar-refractivity contribution in [1.29, 1.82) is 0 Å². The molecule has 13 heavy (non-hydrogen) atoms. The summed E-state index contributed by atoms with van der Waals surface area (Å²) >= 11 is 5.96. The Kier molecular flexibility index (Phi) is 1.77. The molecule has 68 valence electrons. The van der Waals surface area contributed by atoms with E-state index in [9.17, 15) is 0 Å². The summed E-state index contributed by atoms with van der Waals surface area (Å²) < 4.78 is 2.10. The number of nitrogens with zero attached hydrogens (tertiary/aromatic N) is 3. The molecule has 0 unspecified atom stereocenters. The third-order valence-corrected chi connectivity index (χ3v) is 2.83. The van der Waals surface area contributed by atoms with Crippen LogP contribution in [0.4, 0.5) is 0 Å². The summed E-state index contributed by atoms with van der Waals surface area (Å²) in [6.07, 6.45) is 1.75. The highest BCUT2D eigenvalue weighted by Crippen LogP contribution is 2.27. The molecule has 0 saturated heterocycles. The number of aromatic nitrogens is 3. The molecule has 0 N–H and O–H groups in total. The number of rotatable bonds is 0. The van der Waals surface area contributed by atoms with E-state index in [-0.39, 0.29) is 0 Å². The van der Waals surface area contributed by atoms with E-state index in [1.54, 1.807) is 6.20 Å². The first-order valence-corrected chi connectivity index (χ1v) is 4.43. The van der Waals surface area contributed by atoms with Crippen LogP contribution in [0.3, 0.4) is 0 Å². The normalized spacial score (nSPS) is 11.1. The maximum atomic E-state index is 5.96. The van der Waals surface area contributed by atoms with Crippen molar-refractivity contribution in [3.63, 3.8) is 0 Å². The number of aryl methyl sites for hydroxylation is 2. The van der Waals surface area contributed by atoms with E-state index in [0.29, 0.717) is 5.15 Å². The Balaban J connectivity index is 3.03. The zero-order chi connectivity index (χ0) is 9.59. The van der Waals surface area contributed by atoms with Gasteiger partial charge in [-0.3, -0.25) is 0 Å². The standard InChI is InChI=1S/C9H10ClN3/c1-5-7-4-11-12-9(10)8(7)6(2)13(5)3/h4H,1-3H3. The van der Waals surface area contributed by atoms with Crippen molar-refractivity contribution >= 4 is 22.4 Å². The molecule has 0 aromatic carbocycles. The van der Waals surface area contributed by atoms with Gasteiger partial charge in [-0.05, 0) is 13.8 Å². The molecule has 2 rings (SSSR count). The molecule has 0 spiro atoms. The van der Waals surface area contributed by atoms with Crippen LogP contribution in [-0.4, -0.2) is 14.8 Å². The van der Waals surface area contributed by atoms with E-state index in [0.717, 1.165) is 16.5 Å². The molecule has 0 saturated carbocycles. The average molecular weight is 196 g/mol. The summed E-state index contributed by atoms with van der Waals surface area (Å²) in [7, 11) is 2.01. The molecule has 0 fully saturated rings. The molecular weight excluding hydrogens is 186 g/mol. The van der Waals surface area contributed by atoms with Gasteiger partial charge >= 0.3 is 0 Å². The van der Waals surface area contributed by atoms with Gasteiger partial charge in [0.2, 0.25) is 0 Å². The van der Waals surface area contributed by atoms with Gasteiger partial charge in [0.05, 0.1) is 6.20 Å². The average Bonchev–Trinajstić information content (AvgIpc) is 2.33. The summed E-state index contributed by atoms with van der Waals surface area (Å²) in [5, 5.41) is 10.2. The second-order valence-corrected chi connectivity index (χ2v) is 3.51. The second kappa shape index (κ2) is 2.70. The SMILES string of the molecule is Cc1c2cnnc(Cl)c2c(C)n1C. The molecule has 2 heterocycles. The zero-order valence-corrected chi connectivity index (χ0v) is 8.55. The van der Waals surface area contributed by atoms with Crippen molar-refractivity contribution in [1.82, 2.24) is 14.8 Å². The number of fused-ring (bicyclic) bond motifs is 1.